The van der Waals surface area contributed by atoms with E-state index in [1.54, 1.807) is 0 Å². The third-order valence-corrected chi connectivity index (χ3v) is 15.2. The Bertz CT molecular complexity index is 3750. The summed E-state index contributed by atoms with van der Waals surface area (Å²) in [6.07, 6.45) is 0. The minimum atomic E-state index is -0.494. The van der Waals surface area contributed by atoms with E-state index in [2.05, 4.69) is 254 Å². The molecule has 3 aliphatic rings. The molecule has 310 valence electrons. The molecule has 0 saturated heterocycles. The Balaban J connectivity index is 1.02. The van der Waals surface area contributed by atoms with Gasteiger partial charge >= 0.3 is 0 Å². The molecule has 10 aromatic carbocycles. The first-order chi connectivity index (χ1) is 32.5. The predicted molar refractivity (Wildman–Crippen MR) is 275 cm³/mol. The maximum absolute atomic E-state index is 2.57. The van der Waals surface area contributed by atoms with Crippen molar-refractivity contribution in [2.24, 2.45) is 0 Å². The van der Waals surface area contributed by atoms with Crippen LogP contribution in [0.3, 0.4) is 0 Å². The van der Waals surface area contributed by atoms with Crippen molar-refractivity contribution in [2.45, 2.75) is 24.7 Å². The largest absolute Gasteiger partial charge is 0.310 e. The van der Waals surface area contributed by atoms with Crippen LogP contribution in [-0.4, -0.2) is 4.57 Å². The van der Waals surface area contributed by atoms with Gasteiger partial charge in [0.15, 0.2) is 0 Å². The standard InChI is InChI=1S/C64H44N2/c1-63(2)53-25-11-6-20-47(53)50-37-36-45(40-58(50)63)65(44-34-31-42(32-35-44)41-17-4-3-5-18-41)59-29-14-9-19-46(59)43-33-38-56-61(39-43)66-60-30-15-10-23-51(60)52-24-16-28-57(62(52)66)64(56)54-26-12-7-21-48(54)49-22-8-13-27-55(49)64/h3-40H,1-2H3. The number of fused-ring (bicyclic) bond motifs is 15. The van der Waals surface area contributed by atoms with Crippen LogP contribution < -0.4 is 4.90 Å². The van der Waals surface area contributed by atoms with Gasteiger partial charge < -0.3 is 9.47 Å². The van der Waals surface area contributed by atoms with Crippen LogP contribution in [0.25, 0.3) is 72.0 Å². The Labute approximate surface area is 385 Å². The van der Waals surface area contributed by atoms with Crippen LogP contribution in [0.1, 0.15) is 47.2 Å². The molecular weight excluding hydrogens is 797 g/mol. The molecular formula is C64H44N2. The van der Waals surface area contributed by atoms with E-state index in [9.17, 15) is 0 Å². The van der Waals surface area contributed by atoms with Crippen LogP contribution in [0.5, 0.6) is 0 Å². The quantitative estimate of drug-likeness (QED) is 0.168. The van der Waals surface area contributed by atoms with E-state index in [1.165, 1.54) is 105 Å². The minimum absolute atomic E-state index is 0.141. The summed E-state index contributed by atoms with van der Waals surface area (Å²) in [4.78, 5) is 2.48. The van der Waals surface area contributed by atoms with E-state index >= 15 is 0 Å². The number of rotatable bonds is 5. The maximum Gasteiger partial charge on any atom is 0.0754 e. The second-order valence-corrected chi connectivity index (χ2v) is 18.8. The van der Waals surface area contributed by atoms with Gasteiger partial charge in [0.25, 0.3) is 0 Å². The van der Waals surface area contributed by atoms with E-state index < -0.39 is 5.41 Å². The van der Waals surface area contributed by atoms with E-state index in [1.807, 2.05) is 0 Å². The molecule has 2 heteroatoms. The first-order valence-electron chi connectivity index (χ1n) is 23.2. The fourth-order valence-corrected chi connectivity index (χ4v) is 12.3. The molecule has 66 heavy (non-hydrogen) atoms. The average Bonchev–Trinajstić information content (AvgIpc) is 3.96. The number of para-hydroxylation sites is 3. The Hall–Kier alpha value is -8.20. The molecule has 0 unspecified atom stereocenters. The van der Waals surface area contributed by atoms with Crippen molar-refractivity contribution in [3.8, 4) is 50.2 Å². The van der Waals surface area contributed by atoms with Gasteiger partial charge in [-0.3, -0.25) is 0 Å². The number of benzene rings is 10. The second kappa shape index (κ2) is 13.7. The molecule has 0 atom stereocenters. The van der Waals surface area contributed by atoms with Gasteiger partial charge in [0.2, 0.25) is 0 Å². The monoisotopic (exact) mass is 840 g/mol. The van der Waals surface area contributed by atoms with E-state index in [0.717, 1.165) is 17.1 Å². The molecule has 0 radical (unpaired) electrons. The smallest absolute Gasteiger partial charge is 0.0754 e. The summed E-state index contributed by atoms with van der Waals surface area (Å²) in [5.74, 6) is 0. The zero-order valence-corrected chi connectivity index (χ0v) is 36.8. The number of hydrogen-bond acceptors (Lipinski definition) is 1. The molecule has 2 nitrogen and oxygen atoms in total. The van der Waals surface area contributed by atoms with Crippen molar-refractivity contribution < 1.29 is 0 Å². The predicted octanol–water partition coefficient (Wildman–Crippen LogP) is 16.6. The molecule has 0 fully saturated rings. The van der Waals surface area contributed by atoms with Crippen LogP contribution in [0.4, 0.5) is 17.1 Å². The lowest BCUT2D eigenvalue weighted by atomic mass is 9.65. The summed E-state index contributed by atoms with van der Waals surface area (Å²) in [7, 11) is 0. The van der Waals surface area contributed by atoms with Crippen LogP contribution in [-0.2, 0) is 10.8 Å². The zero-order valence-electron chi connectivity index (χ0n) is 36.8. The molecule has 1 aliphatic heterocycles. The molecule has 1 aromatic heterocycles. The lowest BCUT2D eigenvalue weighted by molar-refractivity contribution is 0.660. The second-order valence-electron chi connectivity index (χ2n) is 18.8. The highest BCUT2D eigenvalue weighted by molar-refractivity contribution is 6.13. The van der Waals surface area contributed by atoms with E-state index in [-0.39, 0.29) is 5.41 Å². The van der Waals surface area contributed by atoms with Gasteiger partial charge in [-0.2, -0.15) is 0 Å². The summed E-state index contributed by atoms with van der Waals surface area (Å²) in [6, 6.07) is 86.3. The summed E-state index contributed by atoms with van der Waals surface area (Å²) in [5.41, 5.74) is 24.5. The number of anilines is 3. The molecule has 2 aliphatic carbocycles. The lowest BCUT2D eigenvalue weighted by Crippen LogP contribution is -2.33. The first kappa shape index (κ1) is 37.2. The Morgan fingerprint density at radius 1 is 0.348 bits per heavy atom. The topological polar surface area (TPSA) is 8.17 Å². The van der Waals surface area contributed by atoms with Crippen molar-refractivity contribution in [1.82, 2.24) is 4.57 Å². The number of nitrogens with zero attached hydrogens (tertiary/aromatic N) is 2. The minimum Gasteiger partial charge on any atom is -0.310 e. The highest BCUT2D eigenvalue weighted by atomic mass is 15.1. The van der Waals surface area contributed by atoms with Crippen molar-refractivity contribution >= 4 is 38.9 Å². The molecule has 2 heterocycles. The number of aromatic nitrogens is 1. The molecule has 0 bridgehead atoms. The van der Waals surface area contributed by atoms with Crippen LogP contribution in [0.2, 0.25) is 0 Å². The summed E-state index contributed by atoms with van der Waals surface area (Å²) < 4.78 is 2.57. The average molecular weight is 841 g/mol. The van der Waals surface area contributed by atoms with Crippen LogP contribution >= 0.6 is 0 Å². The van der Waals surface area contributed by atoms with E-state index in [4.69, 9.17) is 0 Å². The fourth-order valence-electron chi connectivity index (χ4n) is 12.3. The molecule has 11 aromatic rings. The Morgan fingerprint density at radius 2 is 0.894 bits per heavy atom. The fraction of sp³-hybridized carbons (Fsp3) is 0.0625. The molecule has 14 rings (SSSR count). The van der Waals surface area contributed by atoms with E-state index in [0.29, 0.717) is 0 Å². The van der Waals surface area contributed by atoms with Crippen LogP contribution in [0, 0.1) is 0 Å². The lowest BCUT2D eigenvalue weighted by Gasteiger charge is -2.40. The van der Waals surface area contributed by atoms with Gasteiger partial charge in [0.05, 0.1) is 27.8 Å². The highest BCUT2D eigenvalue weighted by Crippen LogP contribution is 2.61. The van der Waals surface area contributed by atoms with Gasteiger partial charge in [0, 0.05) is 33.1 Å². The first-order valence-corrected chi connectivity index (χ1v) is 23.2. The summed E-state index contributed by atoms with van der Waals surface area (Å²) in [6.45, 7) is 4.74. The summed E-state index contributed by atoms with van der Waals surface area (Å²) >= 11 is 0. The van der Waals surface area contributed by atoms with Gasteiger partial charge in [-0.25, -0.2) is 0 Å². The van der Waals surface area contributed by atoms with Gasteiger partial charge in [-0.1, -0.05) is 202 Å². The zero-order chi connectivity index (χ0) is 43.7. The SMILES string of the molecule is CC1(C)c2ccccc2-c2ccc(N(c3ccc(-c4ccccc4)cc3)c3ccccc3-c3ccc4c(c3)-n3c5ccccc5c5cccc(c53)C43c4ccccc4-c4ccccc43)cc21. The molecule has 0 saturated carbocycles. The normalized spacial score (nSPS) is 14.2. The Morgan fingerprint density at radius 3 is 1.65 bits per heavy atom. The molecule has 0 amide bonds. The third-order valence-electron chi connectivity index (χ3n) is 15.2. The third kappa shape index (κ3) is 4.91. The van der Waals surface area contributed by atoms with Crippen molar-refractivity contribution in [2.75, 3.05) is 4.90 Å². The molecule has 0 N–H and O–H groups in total. The van der Waals surface area contributed by atoms with Crippen molar-refractivity contribution in [3.63, 3.8) is 0 Å². The Kier molecular flexibility index (Phi) is 7.70. The van der Waals surface area contributed by atoms with Crippen molar-refractivity contribution in [3.05, 3.63) is 264 Å². The summed E-state index contributed by atoms with van der Waals surface area (Å²) in [5, 5.41) is 2.56. The van der Waals surface area contributed by atoms with Crippen LogP contribution in [0.15, 0.2) is 231 Å². The number of hydrogen-bond donors (Lipinski definition) is 0. The molecule has 1 spiro atoms. The highest BCUT2D eigenvalue weighted by Gasteiger charge is 2.50. The van der Waals surface area contributed by atoms with Gasteiger partial charge in [-0.15, -0.1) is 0 Å². The van der Waals surface area contributed by atoms with Crippen molar-refractivity contribution in [1.29, 1.82) is 0 Å². The van der Waals surface area contributed by atoms with Gasteiger partial charge in [-0.05, 0) is 115 Å². The van der Waals surface area contributed by atoms with Gasteiger partial charge in [0.1, 0.15) is 0 Å². The maximum atomic E-state index is 2.57.